The van der Waals surface area contributed by atoms with Crippen LogP contribution in [0.2, 0.25) is 5.15 Å². The predicted molar refractivity (Wildman–Crippen MR) is 92.9 cm³/mol. The van der Waals surface area contributed by atoms with E-state index in [0.717, 1.165) is 62.0 Å². The van der Waals surface area contributed by atoms with Crippen LogP contribution in [0.4, 0.5) is 5.82 Å². The monoisotopic (exact) mass is 331 g/mol. The Morgan fingerprint density at radius 2 is 1.91 bits per heavy atom. The molecule has 0 aromatic carbocycles. The number of aromatic nitrogens is 3. The van der Waals surface area contributed by atoms with Gasteiger partial charge in [0, 0.05) is 44.5 Å². The summed E-state index contributed by atoms with van der Waals surface area (Å²) in [7, 11) is 0. The molecule has 0 bridgehead atoms. The van der Waals surface area contributed by atoms with Crippen LogP contribution in [0.5, 0.6) is 0 Å². The van der Waals surface area contributed by atoms with Crippen molar-refractivity contribution in [3.63, 3.8) is 0 Å². The minimum absolute atomic E-state index is 0.589. The standard InChI is InChI=1S/C17H22ClN5/c1-3-15-16(18)20-13(2)21-17(15)23-10-8-22(9-11-23)12-14-6-4-5-7-19-14/h4-7H,3,8-12H2,1-2H3. The van der Waals surface area contributed by atoms with Crippen molar-refractivity contribution in [3.05, 3.63) is 46.6 Å². The third kappa shape index (κ3) is 3.79. The van der Waals surface area contributed by atoms with Crippen LogP contribution < -0.4 is 4.90 Å². The van der Waals surface area contributed by atoms with E-state index in [0.29, 0.717) is 5.15 Å². The van der Waals surface area contributed by atoms with Crippen LogP contribution in [0.1, 0.15) is 24.0 Å². The van der Waals surface area contributed by atoms with Gasteiger partial charge in [0.05, 0.1) is 5.69 Å². The highest BCUT2D eigenvalue weighted by Gasteiger charge is 2.22. The summed E-state index contributed by atoms with van der Waals surface area (Å²) in [4.78, 5) is 18.1. The summed E-state index contributed by atoms with van der Waals surface area (Å²) < 4.78 is 0. The zero-order valence-corrected chi connectivity index (χ0v) is 14.4. The van der Waals surface area contributed by atoms with Gasteiger partial charge in [-0.05, 0) is 25.5 Å². The van der Waals surface area contributed by atoms with Crippen LogP contribution in [-0.2, 0) is 13.0 Å². The third-order valence-corrected chi connectivity index (χ3v) is 4.50. The molecule has 3 rings (SSSR count). The molecule has 0 N–H and O–H groups in total. The number of hydrogen-bond donors (Lipinski definition) is 0. The van der Waals surface area contributed by atoms with Crippen molar-refractivity contribution in [3.8, 4) is 0 Å². The van der Waals surface area contributed by atoms with Gasteiger partial charge in [0.15, 0.2) is 0 Å². The Labute approximate surface area is 142 Å². The molecular formula is C17H22ClN5. The second kappa shape index (κ2) is 7.23. The maximum Gasteiger partial charge on any atom is 0.138 e. The number of hydrogen-bond acceptors (Lipinski definition) is 5. The topological polar surface area (TPSA) is 45.2 Å². The van der Waals surface area contributed by atoms with Gasteiger partial charge in [0.1, 0.15) is 16.8 Å². The molecule has 1 aliphatic rings. The van der Waals surface area contributed by atoms with E-state index in [1.807, 2.05) is 25.3 Å². The summed E-state index contributed by atoms with van der Waals surface area (Å²) in [5.74, 6) is 1.74. The highest BCUT2D eigenvalue weighted by molar-refractivity contribution is 6.30. The van der Waals surface area contributed by atoms with Crippen LogP contribution in [0.25, 0.3) is 0 Å². The van der Waals surface area contributed by atoms with Crippen LogP contribution in [0, 0.1) is 6.92 Å². The molecule has 0 radical (unpaired) electrons. The van der Waals surface area contributed by atoms with Gasteiger partial charge in [-0.15, -0.1) is 0 Å². The van der Waals surface area contributed by atoms with E-state index in [1.165, 1.54) is 0 Å². The Morgan fingerprint density at radius 3 is 2.57 bits per heavy atom. The molecule has 1 aliphatic heterocycles. The Hall–Kier alpha value is -1.72. The van der Waals surface area contributed by atoms with E-state index >= 15 is 0 Å². The van der Waals surface area contributed by atoms with Crippen molar-refractivity contribution in [1.82, 2.24) is 19.9 Å². The second-order valence-electron chi connectivity index (χ2n) is 5.80. The Kier molecular flexibility index (Phi) is 5.08. The van der Waals surface area contributed by atoms with Crippen LogP contribution in [0.15, 0.2) is 24.4 Å². The van der Waals surface area contributed by atoms with E-state index in [1.54, 1.807) is 0 Å². The van der Waals surface area contributed by atoms with Crippen LogP contribution >= 0.6 is 11.6 Å². The molecule has 0 unspecified atom stereocenters. The number of halogens is 1. The lowest BCUT2D eigenvalue weighted by Crippen LogP contribution is -2.46. The number of aryl methyl sites for hydroxylation is 1. The molecule has 1 fully saturated rings. The van der Waals surface area contributed by atoms with Gasteiger partial charge in [-0.1, -0.05) is 24.6 Å². The second-order valence-corrected chi connectivity index (χ2v) is 6.16. The zero-order chi connectivity index (χ0) is 16.2. The first-order chi connectivity index (χ1) is 11.2. The Bertz CT molecular complexity index is 654. The Morgan fingerprint density at radius 1 is 1.13 bits per heavy atom. The first-order valence-electron chi connectivity index (χ1n) is 8.07. The fourth-order valence-electron chi connectivity index (χ4n) is 2.95. The van der Waals surface area contributed by atoms with Crippen molar-refractivity contribution in [2.75, 3.05) is 31.1 Å². The van der Waals surface area contributed by atoms with Crippen molar-refractivity contribution in [2.45, 2.75) is 26.8 Å². The van der Waals surface area contributed by atoms with Crippen molar-refractivity contribution in [1.29, 1.82) is 0 Å². The molecule has 0 amide bonds. The summed E-state index contributed by atoms with van der Waals surface area (Å²) in [6.45, 7) is 8.80. The molecule has 2 aromatic rings. The van der Waals surface area contributed by atoms with E-state index in [-0.39, 0.29) is 0 Å². The quantitative estimate of drug-likeness (QED) is 0.806. The van der Waals surface area contributed by atoms with Crippen molar-refractivity contribution in [2.24, 2.45) is 0 Å². The molecular weight excluding hydrogens is 310 g/mol. The zero-order valence-electron chi connectivity index (χ0n) is 13.7. The number of piperazine rings is 1. The van der Waals surface area contributed by atoms with Gasteiger partial charge in [-0.25, -0.2) is 9.97 Å². The van der Waals surface area contributed by atoms with Crippen LogP contribution in [-0.4, -0.2) is 46.0 Å². The van der Waals surface area contributed by atoms with Gasteiger partial charge in [-0.2, -0.15) is 0 Å². The molecule has 0 aliphatic carbocycles. The average molecular weight is 332 g/mol. The molecule has 0 atom stereocenters. The average Bonchev–Trinajstić information content (AvgIpc) is 2.56. The lowest BCUT2D eigenvalue weighted by atomic mass is 10.2. The number of pyridine rings is 1. The largest absolute Gasteiger partial charge is 0.354 e. The first-order valence-corrected chi connectivity index (χ1v) is 8.45. The number of nitrogens with zero attached hydrogens (tertiary/aromatic N) is 5. The molecule has 0 spiro atoms. The molecule has 1 saturated heterocycles. The molecule has 122 valence electrons. The van der Waals surface area contributed by atoms with E-state index < -0.39 is 0 Å². The van der Waals surface area contributed by atoms with E-state index in [4.69, 9.17) is 11.6 Å². The SMILES string of the molecule is CCc1c(Cl)nc(C)nc1N1CCN(Cc2ccccn2)CC1. The normalized spacial score (nSPS) is 15.9. The first kappa shape index (κ1) is 16.1. The molecule has 5 nitrogen and oxygen atoms in total. The third-order valence-electron chi connectivity index (χ3n) is 4.18. The molecule has 0 saturated carbocycles. The molecule has 2 aromatic heterocycles. The fraction of sp³-hybridized carbons (Fsp3) is 0.471. The molecule has 23 heavy (non-hydrogen) atoms. The lowest BCUT2D eigenvalue weighted by molar-refractivity contribution is 0.246. The maximum atomic E-state index is 6.29. The van der Waals surface area contributed by atoms with Gasteiger partial charge >= 0.3 is 0 Å². The smallest absolute Gasteiger partial charge is 0.138 e. The minimum Gasteiger partial charge on any atom is -0.354 e. The highest BCUT2D eigenvalue weighted by atomic mass is 35.5. The van der Waals surface area contributed by atoms with E-state index in [9.17, 15) is 0 Å². The highest BCUT2D eigenvalue weighted by Crippen LogP contribution is 2.26. The minimum atomic E-state index is 0.589. The van der Waals surface area contributed by atoms with Crippen molar-refractivity contribution < 1.29 is 0 Å². The summed E-state index contributed by atoms with van der Waals surface area (Å²) >= 11 is 6.29. The van der Waals surface area contributed by atoms with Gasteiger partial charge in [0.25, 0.3) is 0 Å². The summed E-state index contributed by atoms with van der Waals surface area (Å²) in [5, 5.41) is 0.589. The lowest BCUT2D eigenvalue weighted by Gasteiger charge is -2.36. The summed E-state index contributed by atoms with van der Waals surface area (Å²) in [6.07, 6.45) is 2.70. The van der Waals surface area contributed by atoms with Gasteiger partial charge in [-0.3, -0.25) is 9.88 Å². The van der Waals surface area contributed by atoms with Crippen LogP contribution in [0.3, 0.4) is 0 Å². The summed E-state index contributed by atoms with van der Waals surface area (Å²) in [5.41, 5.74) is 2.17. The summed E-state index contributed by atoms with van der Waals surface area (Å²) in [6, 6.07) is 6.07. The van der Waals surface area contributed by atoms with Gasteiger partial charge < -0.3 is 4.90 Å². The molecule has 6 heteroatoms. The maximum absolute atomic E-state index is 6.29. The molecule has 3 heterocycles. The number of anilines is 1. The Balaban J connectivity index is 1.67. The van der Waals surface area contributed by atoms with Crippen molar-refractivity contribution >= 4 is 17.4 Å². The predicted octanol–water partition coefficient (Wildman–Crippen LogP) is 2.72. The number of rotatable bonds is 4. The van der Waals surface area contributed by atoms with E-state index in [2.05, 4.69) is 37.7 Å². The van der Waals surface area contributed by atoms with Gasteiger partial charge in [0.2, 0.25) is 0 Å². The fourth-order valence-corrected chi connectivity index (χ4v) is 3.29.